The van der Waals surface area contributed by atoms with Crippen molar-refractivity contribution < 1.29 is 14.2 Å². The van der Waals surface area contributed by atoms with Crippen molar-refractivity contribution in [2.45, 2.75) is 43.9 Å². The summed E-state index contributed by atoms with van der Waals surface area (Å²) in [7, 11) is 0. The van der Waals surface area contributed by atoms with Gasteiger partial charge in [0.25, 0.3) is 0 Å². The Hall–Kier alpha value is -0.970. The van der Waals surface area contributed by atoms with Gasteiger partial charge in [-0.1, -0.05) is 12.1 Å². The summed E-state index contributed by atoms with van der Waals surface area (Å²) in [6.45, 7) is 2.38. The van der Waals surface area contributed by atoms with Crippen molar-refractivity contribution in [3.63, 3.8) is 0 Å². The molecule has 1 aromatic rings. The molecule has 1 aliphatic carbocycles. The molecule has 0 amide bonds. The van der Waals surface area contributed by atoms with Crippen LogP contribution in [0.3, 0.4) is 0 Å². The zero-order valence-electron chi connectivity index (χ0n) is 11.7. The average Bonchev–Trinajstić information content (AvgIpc) is 3.17. The molecule has 0 bridgehead atoms. The normalized spacial score (nSPS) is 24.2. The monoisotopic (exact) mass is 279 g/mol. The summed E-state index contributed by atoms with van der Waals surface area (Å²) < 4.78 is 18.6. The van der Waals surface area contributed by atoms with E-state index in [0.29, 0.717) is 18.7 Å². The molecule has 1 saturated heterocycles. The maximum atomic E-state index is 12.9. The Bertz CT molecular complexity index is 427. The highest BCUT2D eigenvalue weighted by Gasteiger charge is 2.32. The molecule has 20 heavy (non-hydrogen) atoms. The molecule has 1 aliphatic heterocycles. The molecular weight excluding hydrogens is 257 g/mol. The van der Waals surface area contributed by atoms with Crippen LogP contribution >= 0.6 is 0 Å². The van der Waals surface area contributed by atoms with Gasteiger partial charge in [-0.3, -0.25) is 4.90 Å². The van der Waals surface area contributed by atoms with Crippen LogP contribution in [0.2, 0.25) is 0 Å². The van der Waals surface area contributed by atoms with E-state index in [1.807, 2.05) is 0 Å². The number of hydrogen-bond donors (Lipinski definition) is 1. The van der Waals surface area contributed by atoms with Crippen molar-refractivity contribution in [2.24, 2.45) is 0 Å². The van der Waals surface area contributed by atoms with Gasteiger partial charge in [0.2, 0.25) is 0 Å². The van der Waals surface area contributed by atoms with Crippen molar-refractivity contribution in [3.05, 3.63) is 35.6 Å². The second-order valence-corrected chi connectivity index (χ2v) is 5.89. The topological polar surface area (TPSA) is 32.7 Å². The fourth-order valence-electron chi connectivity index (χ4n) is 2.87. The largest absolute Gasteiger partial charge is 0.387 e. The summed E-state index contributed by atoms with van der Waals surface area (Å²) in [5.74, 6) is -0.264. The predicted octanol–water partition coefficient (Wildman–Crippen LogP) is 2.50. The van der Waals surface area contributed by atoms with Gasteiger partial charge in [0.1, 0.15) is 5.82 Å². The summed E-state index contributed by atoms with van der Waals surface area (Å²) >= 11 is 0. The van der Waals surface area contributed by atoms with Gasteiger partial charge < -0.3 is 9.84 Å². The number of nitrogens with zero attached hydrogens (tertiary/aromatic N) is 1. The molecule has 3 rings (SSSR count). The van der Waals surface area contributed by atoms with E-state index in [9.17, 15) is 9.50 Å². The van der Waals surface area contributed by atoms with E-state index < -0.39 is 6.10 Å². The number of halogens is 1. The van der Waals surface area contributed by atoms with Gasteiger partial charge in [-0.05, 0) is 43.4 Å². The molecule has 2 fully saturated rings. The van der Waals surface area contributed by atoms with Gasteiger partial charge in [0.05, 0.1) is 12.2 Å². The first-order valence-electron chi connectivity index (χ1n) is 7.51. The van der Waals surface area contributed by atoms with Gasteiger partial charge >= 0.3 is 0 Å². The fourth-order valence-corrected chi connectivity index (χ4v) is 2.87. The summed E-state index contributed by atoms with van der Waals surface area (Å²) in [5, 5.41) is 10.3. The Morgan fingerprint density at radius 1 is 1.25 bits per heavy atom. The van der Waals surface area contributed by atoms with Crippen molar-refractivity contribution >= 4 is 0 Å². The lowest BCUT2D eigenvalue weighted by Gasteiger charge is -2.27. The highest BCUT2D eigenvalue weighted by molar-refractivity contribution is 5.18. The molecule has 110 valence electrons. The minimum atomic E-state index is -0.558. The van der Waals surface area contributed by atoms with E-state index in [4.69, 9.17) is 4.74 Å². The van der Waals surface area contributed by atoms with Crippen LogP contribution in [0.5, 0.6) is 0 Å². The predicted molar refractivity (Wildman–Crippen MR) is 74.9 cm³/mol. The minimum absolute atomic E-state index is 0.264. The van der Waals surface area contributed by atoms with Gasteiger partial charge in [0, 0.05) is 25.7 Å². The van der Waals surface area contributed by atoms with E-state index in [2.05, 4.69) is 4.90 Å². The van der Waals surface area contributed by atoms with E-state index in [-0.39, 0.29) is 5.82 Å². The first kappa shape index (κ1) is 14.0. The van der Waals surface area contributed by atoms with Crippen LogP contribution in [0.25, 0.3) is 0 Å². The average molecular weight is 279 g/mol. The smallest absolute Gasteiger partial charge is 0.123 e. The second kappa shape index (κ2) is 6.20. The highest BCUT2D eigenvalue weighted by Crippen LogP contribution is 2.30. The Labute approximate surface area is 119 Å². The molecule has 0 radical (unpaired) electrons. The number of benzene rings is 1. The Kier molecular flexibility index (Phi) is 4.34. The van der Waals surface area contributed by atoms with Crippen molar-refractivity contribution in [3.8, 4) is 0 Å². The maximum absolute atomic E-state index is 12.9. The SMILES string of the molecule is OC(CN(CC1CCCO1)C1CC1)c1ccc(F)cc1. The van der Waals surface area contributed by atoms with Crippen molar-refractivity contribution in [1.29, 1.82) is 0 Å². The molecule has 1 heterocycles. The minimum Gasteiger partial charge on any atom is -0.387 e. The lowest BCUT2D eigenvalue weighted by atomic mass is 10.1. The molecule has 1 N–H and O–H groups in total. The fraction of sp³-hybridized carbons (Fsp3) is 0.625. The van der Waals surface area contributed by atoms with Crippen molar-refractivity contribution in [1.82, 2.24) is 4.90 Å². The first-order valence-corrected chi connectivity index (χ1v) is 7.51. The first-order chi connectivity index (χ1) is 9.72. The molecule has 2 unspecified atom stereocenters. The summed E-state index contributed by atoms with van der Waals surface area (Å²) in [6, 6.07) is 6.73. The zero-order valence-corrected chi connectivity index (χ0v) is 11.7. The van der Waals surface area contributed by atoms with Crippen LogP contribution in [0.1, 0.15) is 37.4 Å². The van der Waals surface area contributed by atoms with Crippen LogP contribution in [-0.2, 0) is 4.74 Å². The Morgan fingerprint density at radius 3 is 2.60 bits per heavy atom. The van der Waals surface area contributed by atoms with E-state index in [0.717, 1.165) is 31.6 Å². The zero-order chi connectivity index (χ0) is 13.9. The third-order valence-corrected chi connectivity index (χ3v) is 4.19. The quantitative estimate of drug-likeness (QED) is 0.868. The number of aliphatic hydroxyl groups excluding tert-OH is 1. The maximum Gasteiger partial charge on any atom is 0.123 e. The summed E-state index contributed by atoms with van der Waals surface area (Å²) in [6.07, 6.45) is 4.44. The molecule has 0 aromatic heterocycles. The van der Waals surface area contributed by atoms with Gasteiger partial charge in [-0.25, -0.2) is 4.39 Å². The standard InChI is InChI=1S/C16H22FNO2/c17-13-5-3-12(4-6-13)16(19)11-18(14-7-8-14)10-15-2-1-9-20-15/h3-6,14-16,19H,1-2,7-11H2. The summed E-state index contributed by atoms with van der Waals surface area (Å²) in [4.78, 5) is 2.34. The van der Waals surface area contributed by atoms with Crippen LogP contribution in [0.15, 0.2) is 24.3 Å². The van der Waals surface area contributed by atoms with Crippen LogP contribution in [0.4, 0.5) is 4.39 Å². The molecular formula is C16H22FNO2. The molecule has 1 saturated carbocycles. The van der Waals surface area contributed by atoms with Crippen LogP contribution in [-0.4, -0.2) is 41.8 Å². The molecule has 2 aliphatic rings. The number of ether oxygens (including phenoxy) is 1. The van der Waals surface area contributed by atoms with Gasteiger partial charge in [0.15, 0.2) is 0 Å². The highest BCUT2D eigenvalue weighted by atomic mass is 19.1. The molecule has 4 heteroatoms. The molecule has 2 atom stereocenters. The Morgan fingerprint density at radius 2 is 2.00 bits per heavy atom. The molecule has 0 spiro atoms. The lowest BCUT2D eigenvalue weighted by molar-refractivity contribution is 0.0457. The van der Waals surface area contributed by atoms with E-state index in [1.165, 1.54) is 25.0 Å². The number of hydrogen-bond acceptors (Lipinski definition) is 3. The number of aliphatic hydroxyl groups is 1. The Balaban J connectivity index is 1.59. The molecule has 1 aromatic carbocycles. The van der Waals surface area contributed by atoms with E-state index in [1.54, 1.807) is 12.1 Å². The van der Waals surface area contributed by atoms with Crippen LogP contribution in [0, 0.1) is 5.82 Å². The summed E-state index contributed by atoms with van der Waals surface area (Å²) in [5.41, 5.74) is 0.782. The van der Waals surface area contributed by atoms with E-state index >= 15 is 0 Å². The molecule has 3 nitrogen and oxygen atoms in total. The second-order valence-electron chi connectivity index (χ2n) is 5.89. The van der Waals surface area contributed by atoms with Gasteiger partial charge in [-0.2, -0.15) is 0 Å². The third-order valence-electron chi connectivity index (χ3n) is 4.19. The number of rotatable bonds is 6. The van der Waals surface area contributed by atoms with Gasteiger partial charge in [-0.15, -0.1) is 0 Å². The van der Waals surface area contributed by atoms with Crippen LogP contribution < -0.4 is 0 Å². The third kappa shape index (κ3) is 3.57. The lowest BCUT2D eigenvalue weighted by Crippen LogP contribution is -2.37. The van der Waals surface area contributed by atoms with Crippen molar-refractivity contribution in [2.75, 3.05) is 19.7 Å².